The topological polar surface area (TPSA) is 71.2 Å². The van der Waals surface area contributed by atoms with Crippen molar-refractivity contribution in [3.8, 4) is 0 Å². The first kappa shape index (κ1) is 16.5. The molecule has 1 aliphatic rings. The van der Waals surface area contributed by atoms with Gasteiger partial charge in [0.15, 0.2) is 5.69 Å². The number of pyridine rings is 1. The smallest absolute Gasteiger partial charge is 0.333 e. The molecule has 0 spiro atoms. The van der Waals surface area contributed by atoms with E-state index in [1.54, 1.807) is 12.3 Å². The van der Waals surface area contributed by atoms with Crippen LogP contribution >= 0.6 is 0 Å². The molecule has 3 rings (SSSR count). The van der Waals surface area contributed by atoms with Crippen LogP contribution in [0, 0.1) is 6.92 Å². The zero-order valence-corrected chi connectivity index (χ0v) is 13.2. The van der Waals surface area contributed by atoms with E-state index < -0.39 is 18.1 Å². The second-order valence-electron chi connectivity index (χ2n) is 6.00. The number of carbonyl (C=O) groups is 1. The lowest BCUT2D eigenvalue weighted by Gasteiger charge is -2.37. The highest BCUT2D eigenvalue weighted by Gasteiger charge is 2.37. The predicted octanol–water partition coefficient (Wildman–Crippen LogP) is 2.11. The van der Waals surface area contributed by atoms with Crippen molar-refractivity contribution in [2.24, 2.45) is 0 Å². The van der Waals surface area contributed by atoms with Crippen molar-refractivity contribution in [1.82, 2.24) is 19.7 Å². The Labute approximate surface area is 137 Å². The maximum absolute atomic E-state index is 12.5. The molecular weight excluding hydrogens is 318 g/mol. The minimum Gasteiger partial charge on any atom is -0.383 e. The average Bonchev–Trinajstić information content (AvgIpc) is 3.06. The molecule has 0 radical (unpaired) electrons. The summed E-state index contributed by atoms with van der Waals surface area (Å²) >= 11 is 0. The second-order valence-corrected chi connectivity index (χ2v) is 6.00. The Bertz CT molecular complexity index is 722. The van der Waals surface area contributed by atoms with E-state index in [-0.39, 0.29) is 5.69 Å². The zero-order valence-electron chi connectivity index (χ0n) is 13.2. The van der Waals surface area contributed by atoms with Crippen LogP contribution in [0.15, 0.2) is 30.6 Å². The third kappa shape index (κ3) is 3.14. The molecule has 6 nitrogen and oxygen atoms in total. The molecule has 0 aromatic carbocycles. The van der Waals surface area contributed by atoms with Crippen LogP contribution in [-0.2, 0) is 5.60 Å². The van der Waals surface area contributed by atoms with Gasteiger partial charge in [-0.25, -0.2) is 4.68 Å². The molecule has 1 fully saturated rings. The number of aromatic nitrogens is 3. The molecule has 0 bridgehead atoms. The molecular formula is C16H18F2N4O2. The van der Waals surface area contributed by atoms with E-state index in [2.05, 4.69) is 10.1 Å². The Hall–Kier alpha value is -2.35. The molecule has 0 unspecified atom stereocenters. The summed E-state index contributed by atoms with van der Waals surface area (Å²) in [5, 5.41) is 14.4. The molecule has 24 heavy (non-hydrogen) atoms. The second kappa shape index (κ2) is 6.27. The van der Waals surface area contributed by atoms with E-state index in [4.69, 9.17) is 0 Å². The summed E-state index contributed by atoms with van der Waals surface area (Å²) < 4.78 is 25.5. The van der Waals surface area contributed by atoms with E-state index in [0.29, 0.717) is 36.3 Å². The molecule has 0 saturated carbocycles. The van der Waals surface area contributed by atoms with Gasteiger partial charge in [-0.3, -0.25) is 9.78 Å². The van der Waals surface area contributed by atoms with Gasteiger partial charge in [0, 0.05) is 25.5 Å². The van der Waals surface area contributed by atoms with Crippen molar-refractivity contribution in [2.45, 2.75) is 31.9 Å². The quantitative estimate of drug-likeness (QED) is 0.932. The van der Waals surface area contributed by atoms with Crippen molar-refractivity contribution in [3.05, 3.63) is 47.5 Å². The van der Waals surface area contributed by atoms with E-state index in [0.717, 1.165) is 11.8 Å². The monoisotopic (exact) mass is 336 g/mol. The standard InChI is InChI=1S/C16H18F2N4O2/c1-11-2-3-13(19-10-11)16(24)5-8-21(9-6-16)14(23)12-4-7-22(20-12)15(17)18/h2-4,7,10,15,24H,5-6,8-9H2,1H3. The third-order valence-electron chi connectivity index (χ3n) is 4.29. The first-order valence-corrected chi connectivity index (χ1v) is 7.67. The maximum Gasteiger partial charge on any atom is 0.333 e. The number of alkyl halides is 2. The number of hydrogen-bond acceptors (Lipinski definition) is 4. The minimum absolute atomic E-state index is 0.0193. The van der Waals surface area contributed by atoms with Gasteiger partial charge in [-0.15, -0.1) is 0 Å². The third-order valence-corrected chi connectivity index (χ3v) is 4.29. The van der Waals surface area contributed by atoms with Crippen LogP contribution in [0.5, 0.6) is 0 Å². The molecule has 2 aromatic rings. The van der Waals surface area contributed by atoms with Crippen LogP contribution in [0.2, 0.25) is 0 Å². The highest BCUT2D eigenvalue weighted by molar-refractivity contribution is 5.92. The molecule has 1 aliphatic heterocycles. The van der Waals surface area contributed by atoms with Crippen molar-refractivity contribution in [2.75, 3.05) is 13.1 Å². The number of amides is 1. The fraction of sp³-hybridized carbons (Fsp3) is 0.438. The summed E-state index contributed by atoms with van der Waals surface area (Å²) in [4.78, 5) is 18.1. The van der Waals surface area contributed by atoms with Gasteiger partial charge < -0.3 is 10.0 Å². The highest BCUT2D eigenvalue weighted by atomic mass is 19.3. The van der Waals surface area contributed by atoms with E-state index in [9.17, 15) is 18.7 Å². The van der Waals surface area contributed by atoms with Crippen LogP contribution in [0.1, 0.15) is 41.1 Å². The molecule has 3 heterocycles. The molecule has 1 amide bonds. The van der Waals surface area contributed by atoms with E-state index in [1.165, 1.54) is 11.0 Å². The number of nitrogens with zero attached hydrogens (tertiary/aromatic N) is 4. The van der Waals surface area contributed by atoms with Gasteiger partial charge in [0.25, 0.3) is 5.91 Å². The number of hydrogen-bond donors (Lipinski definition) is 1. The SMILES string of the molecule is Cc1ccc(C2(O)CCN(C(=O)c3ccn(C(F)F)n3)CC2)nc1. The zero-order chi connectivity index (χ0) is 17.3. The first-order chi connectivity index (χ1) is 11.4. The van der Waals surface area contributed by atoms with Crippen molar-refractivity contribution in [1.29, 1.82) is 0 Å². The summed E-state index contributed by atoms with van der Waals surface area (Å²) in [7, 11) is 0. The van der Waals surface area contributed by atoms with Crippen molar-refractivity contribution in [3.63, 3.8) is 0 Å². The van der Waals surface area contributed by atoms with Gasteiger partial charge in [-0.05, 0) is 37.5 Å². The van der Waals surface area contributed by atoms with Crippen LogP contribution in [-0.4, -0.2) is 43.8 Å². The molecule has 2 aromatic heterocycles. The summed E-state index contributed by atoms with van der Waals surface area (Å²) in [5.74, 6) is -0.409. The van der Waals surface area contributed by atoms with Gasteiger partial charge in [0.05, 0.1) is 5.69 Å². The number of rotatable bonds is 3. The van der Waals surface area contributed by atoms with Gasteiger partial charge in [0.2, 0.25) is 0 Å². The molecule has 0 aliphatic carbocycles. The van der Waals surface area contributed by atoms with Gasteiger partial charge in [-0.2, -0.15) is 13.9 Å². The predicted molar refractivity (Wildman–Crippen MR) is 81.5 cm³/mol. The number of likely N-dealkylation sites (tertiary alicyclic amines) is 1. The maximum atomic E-state index is 12.5. The summed E-state index contributed by atoms with van der Waals surface area (Å²) in [5.41, 5.74) is 0.494. The Morgan fingerprint density at radius 1 is 1.29 bits per heavy atom. The summed E-state index contributed by atoms with van der Waals surface area (Å²) in [6, 6.07) is 4.95. The van der Waals surface area contributed by atoms with Crippen LogP contribution in [0.4, 0.5) is 8.78 Å². The Kier molecular flexibility index (Phi) is 4.31. The molecule has 1 saturated heterocycles. The largest absolute Gasteiger partial charge is 0.383 e. The fourth-order valence-corrected chi connectivity index (χ4v) is 2.80. The van der Waals surface area contributed by atoms with Crippen molar-refractivity contribution >= 4 is 5.91 Å². The molecule has 0 atom stereocenters. The highest BCUT2D eigenvalue weighted by Crippen LogP contribution is 2.32. The Balaban J connectivity index is 1.67. The van der Waals surface area contributed by atoms with Gasteiger partial charge in [0.1, 0.15) is 5.60 Å². The Morgan fingerprint density at radius 2 is 2.00 bits per heavy atom. The lowest BCUT2D eigenvalue weighted by molar-refractivity contribution is -0.0246. The number of aryl methyl sites for hydroxylation is 1. The molecule has 128 valence electrons. The van der Waals surface area contributed by atoms with Crippen molar-refractivity contribution < 1.29 is 18.7 Å². The first-order valence-electron chi connectivity index (χ1n) is 7.67. The van der Waals surface area contributed by atoms with Gasteiger partial charge in [-0.1, -0.05) is 6.07 Å². The summed E-state index contributed by atoms with van der Waals surface area (Å²) in [6.45, 7) is -0.231. The van der Waals surface area contributed by atoms with E-state index >= 15 is 0 Å². The fourth-order valence-electron chi connectivity index (χ4n) is 2.80. The normalized spacial score (nSPS) is 17.3. The molecule has 1 N–H and O–H groups in total. The van der Waals surface area contributed by atoms with Crippen LogP contribution < -0.4 is 0 Å². The number of aliphatic hydroxyl groups is 1. The van der Waals surface area contributed by atoms with Crippen LogP contribution in [0.25, 0.3) is 0 Å². The number of carbonyl (C=O) groups excluding carboxylic acids is 1. The lowest BCUT2D eigenvalue weighted by Crippen LogP contribution is -2.45. The summed E-state index contributed by atoms with van der Waals surface area (Å²) in [6.07, 6.45) is 3.45. The van der Waals surface area contributed by atoms with E-state index in [1.807, 2.05) is 13.0 Å². The van der Waals surface area contributed by atoms with Gasteiger partial charge >= 0.3 is 6.55 Å². The average molecular weight is 336 g/mol. The minimum atomic E-state index is -2.77. The number of halogens is 2. The number of piperidine rings is 1. The lowest BCUT2D eigenvalue weighted by atomic mass is 9.87. The van der Waals surface area contributed by atoms with Crippen LogP contribution in [0.3, 0.4) is 0 Å². The molecule has 8 heteroatoms. The Morgan fingerprint density at radius 3 is 2.54 bits per heavy atom.